The lowest BCUT2D eigenvalue weighted by Crippen LogP contribution is -2.71. The number of carbonyl (C=O) groups excluding carboxylic acids is 1. The van der Waals surface area contributed by atoms with Gasteiger partial charge in [-0.1, -0.05) is 6.07 Å². The Labute approximate surface area is 164 Å². The number of benzene rings is 1. The molecule has 2 aliphatic heterocycles. The van der Waals surface area contributed by atoms with E-state index in [4.69, 9.17) is 15.9 Å². The summed E-state index contributed by atoms with van der Waals surface area (Å²) in [5, 5.41) is 19.1. The van der Waals surface area contributed by atoms with Crippen LogP contribution in [0.1, 0.15) is 38.3 Å². The molecule has 1 amide bonds. The van der Waals surface area contributed by atoms with Crippen molar-refractivity contribution in [3.05, 3.63) is 35.4 Å². The molecule has 2 heterocycles. The Hall–Kier alpha value is -2.71. The van der Waals surface area contributed by atoms with Crippen molar-refractivity contribution in [1.82, 2.24) is 4.48 Å². The van der Waals surface area contributed by atoms with E-state index in [1.54, 1.807) is 6.92 Å². The number of hydrogen-bond acceptors (Lipinski definition) is 5. The maximum atomic E-state index is 12.5. The van der Waals surface area contributed by atoms with Gasteiger partial charge in [0.25, 0.3) is 0 Å². The normalized spacial score (nSPS) is 20.4. The number of anilines is 1. The van der Waals surface area contributed by atoms with Crippen molar-refractivity contribution in [2.45, 2.75) is 45.7 Å². The Kier molecular flexibility index (Phi) is 6.26. The summed E-state index contributed by atoms with van der Waals surface area (Å²) in [4.78, 5) is 31.6. The average Bonchev–Trinajstić information content (AvgIpc) is 3.07. The highest BCUT2D eigenvalue weighted by Crippen LogP contribution is 2.44. The van der Waals surface area contributed by atoms with Crippen molar-refractivity contribution >= 4 is 29.2 Å². The Morgan fingerprint density at radius 3 is 2.25 bits per heavy atom. The Bertz CT molecular complexity index is 810. The fourth-order valence-corrected chi connectivity index (χ4v) is 4.13. The van der Waals surface area contributed by atoms with Crippen molar-refractivity contribution in [3.8, 4) is 0 Å². The van der Waals surface area contributed by atoms with Gasteiger partial charge in [0, 0.05) is 56.3 Å². The molecule has 152 valence electrons. The smallest absolute Gasteiger partial charge is 0.328 e. The van der Waals surface area contributed by atoms with Crippen LogP contribution in [0.3, 0.4) is 0 Å². The van der Waals surface area contributed by atoms with Crippen LogP contribution in [0.2, 0.25) is 0 Å². The minimum Gasteiger partial charge on any atom is -0.478 e. The van der Waals surface area contributed by atoms with Gasteiger partial charge in [-0.15, -0.1) is 0 Å². The topological polar surface area (TPSA) is 130 Å². The number of aliphatic carboxylic acids is 2. The molecule has 0 fully saturated rings. The first-order valence-electron chi connectivity index (χ1n) is 9.22. The molecular formula is C20H28N3O5+. The zero-order valence-corrected chi connectivity index (χ0v) is 16.5. The number of rotatable bonds is 3. The van der Waals surface area contributed by atoms with Crippen LogP contribution in [0.5, 0.6) is 0 Å². The third-order valence-corrected chi connectivity index (χ3v) is 5.29. The molecule has 0 aromatic heterocycles. The predicted octanol–water partition coefficient (Wildman–Crippen LogP) is 1.86. The van der Waals surface area contributed by atoms with E-state index in [9.17, 15) is 14.4 Å². The van der Waals surface area contributed by atoms with Gasteiger partial charge in [-0.05, 0) is 18.4 Å². The van der Waals surface area contributed by atoms with E-state index in [-0.39, 0.29) is 10.4 Å². The van der Waals surface area contributed by atoms with E-state index in [0.29, 0.717) is 12.2 Å². The number of fused-ring (bicyclic) bond motifs is 3. The van der Waals surface area contributed by atoms with Gasteiger partial charge in [-0.25, -0.2) is 18.9 Å². The second-order valence-corrected chi connectivity index (χ2v) is 7.59. The monoisotopic (exact) mass is 390 g/mol. The maximum absolute atomic E-state index is 12.5. The van der Waals surface area contributed by atoms with E-state index in [2.05, 4.69) is 17.4 Å². The number of nitrogens with two attached hydrogens (primary N) is 1. The lowest BCUT2D eigenvalue weighted by molar-refractivity contribution is -0.134. The molecule has 8 heteroatoms. The van der Waals surface area contributed by atoms with Crippen molar-refractivity contribution in [3.63, 3.8) is 0 Å². The van der Waals surface area contributed by atoms with Crippen LogP contribution >= 0.6 is 0 Å². The van der Waals surface area contributed by atoms with Gasteiger partial charge in [0.05, 0.1) is 13.5 Å². The van der Waals surface area contributed by atoms with E-state index >= 15 is 0 Å². The Morgan fingerprint density at radius 1 is 1.14 bits per heavy atom. The number of hydrogen-bond donors (Lipinski definition) is 4. The number of nitrogens with zero attached hydrogens (tertiary/aromatic N) is 1. The minimum absolute atomic E-state index is 0.136. The molecule has 0 aliphatic carbocycles. The molecule has 8 nitrogen and oxygen atoms in total. The highest BCUT2D eigenvalue weighted by Gasteiger charge is 2.51. The summed E-state index contributed by atoms with van der Waals surface area (Å²) in [6, 6.07) is 4.30. The molecule has 5 N–H and O–H groups in total. The van der Waals surface area contributed by atoms with Gasteiger partial charge in [-0.2, -0.15) is 0 Å². The summed E-state index contributed by atoms with van der Waals surface area (Å²) in [5.41, 5.74) is 10.9. The van der Waals surface area contributed by atoms with Crippen LogP contribution < -0.4 is 15.5 Å². The number of amides is 1. The molecule has 0 radical (unpaired) electrons. The molecule has 28 heavy (non-hydrogen) atoms. The third-order valence-electron chi connectivity index (χ3n) is 5.29. The molecule has 1 aromatic rings. The molecular weight excluding hydrogens is 362 g/mol. The van der Waals surface area contributed by atoms with Crippen LogP contribution in [0.4, 0.5) is 11.4 Å². The van der Waals surface area contributed by atoms with Crippen molar-refractivity contribution < 1.29 is 24.6 Å². The molecule has 3 rings (SSSR count). The quantitative estimate of drug-likeness (QED) is 0.458. The second-order valence-electron chi connectivity index (χ2n) is 7.59. The van der Waals surface area contributed by atoms with E-state index in [1.165, 1.54) is 16.8 Å². The van der Waals surface area contributed by atoms with Gasteiger partial charge in [0.2, 0.25) is 0 Å². The molecule has 0 saturated carbocycles. The summed E-state index contributed by atoms with van der Waals surface area (Å²) in [6.07, 6.45) is 4.24. The first kappa shape index (κ1) is 21.6. The predicted molar refractivity (Wildman–Crippen MR) is 107 cm³/mol. The van der Waals surface area contributed by atoms with Crippen LogP contribution in [0, 0.1) is 0 Å². The van der Waals surface area contributed by atoms with Crippen molar-refractivity contribution in [2.75, 3.05) is 18.4 Å². The minimum atomic E-state index is -1.26. The van der Waals surface area contributed by atoms with Gasteiger partial charge in [0.15, 0.2) is 5.66 Å². The standard InChI is InChI=1S/C16H24N3O.C4H4O4/c1-11(20)19(16(2,3)17)10-4-5-13-14(19)7-6-12-8-9-18-15(12)13;5-3(6)1-2-4(7)8/h6-7,18H,4-5,8-10,17H2,1-3H3;1-2H,(H,5,6)(H,7,8)/q+1;/b;2-1+/t19-;/m0./s1. The van der Waals surface area contributed by atoms with Gasteiger partial charge >= 0.3 is 17.8 Å². The van der Waals surface area contributed by atoms with Crippen LogP contribution in [-0.2, 0) is 27.2 Å². The summed E-state index contributed by atoms with van der Waals surface area (Å²) >= 11 is 0. The average molecular weight is 390 g/mol. The summed E-state index contributed by atoms with van der Waals surface area (Å²) in [5.74, 6) is -2.38. The number of carboxylic acids is 2. The summed E-state index contributed by atoms with van der Waals surface area (Å²) in [6.45, 7) is 7.39. The fraction of sp³-hybridized carbons (Fsp3) is 0.450. The summed E-state index contributed by atoms with van der Waals surface area (Å²) in [7, 11) is 0. The molecule has 1 atom stereocenters. The third kappa shape index (κ3) is 4.07. The first-order valence-corrected chi connectivity index (χ1v) is 9.22. The SMILES string of the molecule is CC(=O)[N@@+]1(C(C)(C)N)CCCc2c1ccc1c2NCC1.O=C(O)/C=C/C(=O)O. The molecule has 2 aliphatic rings. The number of nitrogens with one attached hydrogen (secondary N) is 1. The summed E-state index contributed by atoms with van der Waals surface area (Å²) < 4.78 is 0.261. The number of carbonyl (C=O) groups is 3. The van der Waals surface area contributed by atoms with E-state index in [1.807, 2.05) is 13.8 Å². The molecule has 0 spiro atoms. The van der Waals surface area contributed by atoms with Crippen LogP contribution in [-0.4, -0.2) is 46.8 Å². The molecule has 0 saturated heterocycles. The first-order chi connectivity index (χ1) is 13.0. The van der Waals surface area contributed by atoms with Gasteiger partial charge < -0.3 is 15.5 Å². The van der Waals surface area contributed by atoms with Crippen LogP contribution in [0.25, 0.3) is 0 Å². The van der Waals surface area contributed by atoms with Gasteiger partial charge in [0.1, 0.15) is 5.69 Å². The highest BCUT2D eigenvalue weighted by molar-refractivity contribution is 5.91. The zero-order valence-electron chi connectivity index (χ0n) is 16.5. The number of quaternary nitrogens is 1. The lowest BCUT2D eigenvalue weighted by atomic mass is 9.91. The lowest BCUT2D eigenvalue weighted by Gasteiger charge is -2.47. The van der Waals surface area contributed by atoms with Crippen molar-refractivity contribution in [1.29, 1.82) is 0 Å². The molecule has 1 aromatic carbocycles. The van der Waals surface area contributed by atoms with Gasteiger partial charge in [-0.3, -0.25) is 5.73 Å². The Morgan fingerprint density at radius 2 is 1.75 bits per heavy atom. The largest absolute Gasteiger partial charge is 0.478 e. The fourth-order valence-electron chi connectivity index (χ4n) is 4.13. The second kappa shape index (κ2) is 8.12. The van der Waals surface area contributed by atoms with Crippen LogP contribution in [0.15, 0.2) is 24.3 Å². The Balaban J connectivity index is 0.000000300. The van der Waals surface area contributed by atoms with Crippen molar-refractivity contribution in [2.24, 2.45) is 5.73 Å². The molecule has 0 bridgehead atoms. The highest BCUT2D eigenvalue weighted by atomic mass is 16.4. The molecule has 0 unspecified atom stereocenters. The number of carboxylic acid groups (broad SMARTS) is 2. The van der Waals surface area contributed by atoms with E-state index < -0.39 is 17.6 Å². The van der Waals surface area contributed by atoms with E-state index in [0.717, 1.165) is 38.0 Å². The maximum Gasteiger partial charge on any atom is 0.328 e. The zero-order chi connectivity index (χ0) is 21.1.